The Labute approximate surface area is 135 Å². The van der Waals surface area contributed by atoms with Crippen LogP contribution in [0.5, 0.6) is 5.75 Å². The lowest BCUT2D eigenvalue weighted by Crippen LogP contribution is -1.99. The van der Waals surface area contributed by atoms with Crippen LogP contribution in [-0.4, -0.2) is 19.1 Å². The first kappa shape index (κ1) is 16.7. The van der Waals surface area contributed by atoms with E-state index in [0.29, 0.717) is 24.3 Å². The molecule has 2 aromatic carbocycles. The van der Waals surface area contributed by atoms with Crippen molar-refractivity contribution in [3.8, 4) is 5.75 Å². The van der Waals surface area contributed by atoms with Crippen molar-refractivity contribution in [1.29, 1.82) is 0 Å². The number of hydrogen-bond donors (Lipinski definition) is 1. The van der Waals surface area contributed by atoms with Gasteiger partial charge in [0.05, 0.1) is 13.3 Å². The van der Waals surface area contributed by atoms with Gasteiger partial charge in [-0.25, -0.2) is 0 Å². The number of halogens is 1. The maximum atomic E-state index is 12.1. The molecule has 0 aromatic heterocycles. The average Bonchev–Trinajstić information content (AvgIpc) is 2.56. The summed E-state index contributed by atoms with van der Waals surface area (Å²) in [4.78, 5) is 12.1. The molecule has 3 nitrogen and oxygen atoms in total. The molecular weight excluding hydrogens is 293 g/mol. The van der Waals surface area contributed by atoms with Crippen molar-refractivity contribution in [1.82, 2.24) is 0 Å². The predicted molar refractivity (Wildman–Crippen MR) is 90.8 cm³/mol. The number of alkyl halides is 1. The van der Waals surface area contributed by atoms with Crippen molar-refractivity contribution >= 4 is 11.5 Å². The van der Waals surface area contributed by atoms with E-state index in [9.17, 15) is 9.18 Å². The average molecular weight is 313 g/mol. The van der Waals surface area contributed by atoms with E-state index in [2.05, 4.69) is 5.32 Å². The van der Waals surface area contributed by atoms with Gasteiger partial charge in [0.15, 0.2) is 5.78 Å². The molecule has 0 fully saturated rings. The van der Waals surface area contributed by atoms with Crippen molar-refractivity contribution in [2.75, 3.05) is 18.6 Å². The minimum atomic E-state index is -0.394. The Kier molecular flexibility index (Phi) is 6.36. The van der Waals surface area contributed by atoms with Crippen LogP contribution >= 0.6 is 0 Å². The van der Waals surface area contributed by atoms with Crippen LogP contribution in [0, 0.1) is 6.92 Å². The van der Waals surface area contributed by atoms with E-state index in [-0.39, 0.29) is 5.78 Å². The lowest BCUT2D eigenvalue weighted by molar-refractivity contribution is 0.104. The normalized spacial score (nSPS) is 10.7. The van der Waals surface area contributed by atoms with Crippen LogP contribution in [-0.2, 0) is 0 Å². The zero-order chi connectivity index (χ0) is 16.5. The van der Waals surface area contributed by atoms with Gasteiger partial charge in [-0.3, -0.25) is 9.18 Å². The lowest BCUT2D eigenvalue weighted by Gasteiger charge is -2.05. The summed E-state index contributed by atoms with van der Waals surface area (Å²) in [5.74, 6) is 0.539. The second-order valence-electron chi connectivity index (χ2n) is 5.13. The van der Waals surface area contributed by atoms with E-state index in [1.165, 1.54) is 6.08 Å². The smallest absolute Gasteiger partial charge is 0.187 e. The summed E-state index contributed by atoms with van der Waals surface area (Å²) in [6.45, 7) is 1.96. The third kappa shape index (κ3) is 5.58. The van der Waals surface area contributed by atoms with E-state index in [0.717, 1.165) is 11.3 Å². The number of rotatable bonds is 8. The molecule has 0 bridgehead atoms. The van der Waals surface area contributed by atoms with E-state index >= 15 is 0 Å². The number of benzene rings is 2. The van der Waals surface area contributed by atoms with Crippen molar-refractivity contribution in [2.45, 2.75) is 13.3 Å². The van der Waals surface area contributed by atoms with Gasteiger partial charge in [-0.2, -0.15) is 0 Å². The number of hydrogen-bond acceptors (Lipinski definition) is 3. The fourth-order valence-corrected chi connectivity index (χ4v) is 2.00. The Bertz CT molecular complexity index is 665. The van der Waals surface area contributed by atoms with Crippen LogP contribution in [0.25, 0.3) is 0 Å². The molecule has 0 aliphatic rings. The maximum absolute atomic E-state index is 12.1. The fraction of sp³-hybridized carbons (Fsp3) is 0.211. The number of allylic oxidation sites excluding steroid dienone is 1. The summed E-state index contributed by atoms with van der Waals surface area (Å²) >= 11 is 0. The molecule has 0 radical (unpaired) electrons. The van der Waals surface area contributed by atoms with Crippen molar-refractivity contribution in [3.05, 3.63) is 71.9 Å². The Morgan fingerprint density at radius 1 is 1.22 bits per heavy atom. The monoisotopic (exact) mass is 313 g/mol. The van der Waals surface area contributed by atoms with Gasteiger partial charge in [0.2, 0.25) is 0 Å². The van der Waals surface area contributed by atoms with Crippen LogP contribution < -0.4 is 10.1 Å². The largest absolute Gasteiger partial charge is 0.493 e. The van der Waals surface area contributed by atoms with E-state index in [1.54, 1.807) is 30.5 Å². The Morgan fingerprint density at radius 3 is 2.70 bits per heavy atom. The number of aryl methyl sites for hydroxylation is 1. The summed E-state index contributed by atoms with van der Waals surface area (Å²) in [6.07, 6.45) is 3.48. The Balaban J connectivity index is 1.88. The summed E-state index contributed by atoms with van der Waals surface area (Å²) in [5, 5.41) is 3.07. The standard InChI is InChI=1S/C19H20FNO2/c1-15-4-2-5-17(14-15)21-12-10-19(22)16-6-8-18(9-7-16)23-13-3-11-20/h2,4-10,12,14,21H,3,11,13H2,1H3/b12-10+. The number of nitrogens with one attached hydrogen (secondary N) is 1. The number of anilines is 1. The molecule has 4 heteroatoms. The molecule has 0 atom stereocenters. The highest BCUT2D eigenvalue weighted by Crippen LogP contribution is 2.14. The van der Waals surface area contributed by atoms with Crippen LogP contribution in [0.4, 0.5) is 10.1 Å². The number of ketones is 1. The van der Waals surface area contributed by atoms with Gasteiger partial charge in [0.25, 0.3) is 0 Å². The molecule has 0 amide bonds. The van der Waals surface area contributed by atoms with Gasteiger partial charge in [0, 0.05) is 29.9 Å². The predicted octanol–water partition coefficient (Wildman–Crippen LogP) is 4.54. The molecule has 1 N–H and O–H groups in total. The fourth-order valence-electron chi connectivity index (χ4n) is 2.00. The molecule has 120 valence electrons. The third-order valence-electron chi connectivity index (χ3n) is 3.19. The third-order valence-corrected chi connectivity index (χ3v) is 3.19. The molecule has 0 heterocycles. The van der Waals surface area contributed by atoms with Crippen LogP contribution in [0.3, 0.4) is 0 Å². The molecule has 23 heavy (non-hydrogen) atoms. The minimum absolute atomic E-state index is 0.0968. The summed E-state index contributed by atoms with van der Waals surface area (Å²) in [7, 11) is 0. The summed E-state index contributed by atoms with van der Waals surface area (Å²) in [6, 6.07) is 14.7. The van der Waals surface area contributed by atoms with Gasteiger partial charge in [0.1, 0.15) is 5.75 Å². The SMILES string of the molecule is Cc1cccc(N/C=C/C(=O)c2ccc(OCCCF)cc2)c1. The van der Waals surface area contributed by atoms with Gasteiger partial charge < -0.3 is 10.1 Å². The van der Waals surface area contributed by atoms with Crippen molar-refractivity contribution in [3.63, 3.8) is 0 Å². The molecule has 0 saturated carbocycles. The van der Waals surface area contributed by atoms with Crippen molar-refractivity contribution in [2.24, 2.45) is 0 Å². The highest BCUT2D eigenvalue weighted by molar-refractivity contribution is 6.04. The summed E-state index contributed by atoms with van der Waals surface area (Å²) < 4.78 is 17.3. The molecular formula is C19H20FNO2. The van der Waals surface area contributed by atoms with Gasteiger partial charge in [-0.1, -0.05) is 12.1 Å². The van der Waals surface area contributed by atoms with Crippen LogP contribution in [0.2, 0.25) is 0 Å². The minimum Gasteiger partial charge on any atom is -0.493 e. The maximum Gasteiger partial charge on any atom is 0.187 e. The lowest BCUT2D eigenvalue weighted by atomic mass is 10.1. The first-order chi connectivity index (χ1) is 11.2. The quantitative estimate of drug-likeness (QED) is 0.442. The molecule has 2 rings (SSSR count). The number of carbonyl (C=O) groups excluding carboxylic acids is 1. The van der Waals surface area contributed by atoms with Crippen molar-refractivity contribution < 1.29 is 13.9 Å². The molecule has 2 aromatic rings. The molecule has 0 spiro atoms. The van der Waals surface area contributed by atoms with E-state index in [1.807, 2.05) is 31.2 Å². The number of carbonyl (C=O) groups is 1. The first-order valence-electron chi connectivity index (χ1n) is 7.52. The molecule has 0 unspecified atom stereocenters. The first-order valence-corrected chi connectivity index (χ1v) is 7.52. The zero-order valence-corrected chi connectivity index (χ0v) is 13.1. The van der Waals surface area contributed by atoms with Crippen LogP contribution in [0.15, 0.2) is 60.8 Å². The van der Waals surface area contributed by atoms with Gasteiger partial charge in [-0.05, 0) is 48.9 Å². The topological polar surface area (TPSA) is 38.3 Å². The molecule has 0 saturated heterocycles. The summed E-state index contributed by atoms with van der Waals surface area (Å²) in [5.41, 5.74) is 2.66. The Hall–Kier alpha value is -2.62. The van der Waals surface area contributed by atoms with E-state index < -0.39 is 6.67 Å². The van der Waals surface area contributed by atoms with E-state index in [4.69, 9.17) is 4.74 Å². The second kappa shape index (κ2) is 8.73. The molecule has 0 aliphatic heterocycles. The zero-order valence-electron chi connectivity index (χ0n) is 13.1. The highest BCUT2D eigenvalue weighted by atomic mass is 19.1. The highest BCUT2D eigenvalue weighted by Gasteiger charge is 2.02. The van der Waals surface area contributed by atoms with Gasteiger partial charge in [-0.15, -0.1) is 0 Å². The van der Waals surface area contributed by atoms with Crippen LogP contribution in [0.1, 0.15) is 22.3 Å². The second-order valence-corrected chi connectivity index (χ2v) is 5.13. The number of ether oxygens (including phenoxy) is 1. The molecule has 0 aliphatic carbocycles. The Morgan fingerprint density at radius 2 is 2.00 bits per heavy atom. The van der Waals surface area contributed by atoms with Gasteiger partial charge >= 0.3 is 0 Å².